The van der Waals surface area contributed by atoms with Gasteiger partial charge in [0, 0.05) is 51.5 Å². The molecule has 0 aliphatic carbocycles. The molecule has 1 fully saturated rings. The van der Waals surface area contributed by atoms with E-state index in [0.29, 0.717) is 37.3 Å². The van der Waals surface area contributed by atoms with Crippen LogP contribution in [0, 0.1) is 0 Å². The third-order valence-corrected chi connectivity index (χ3v) is 6.86. The molecule has 0 saturated carbocycles. The largest absolute Gasteiger partial charge is 0.444 e. The first-order chi connectivity index (χ1) is 17.9. The van der Waals surface area contributed by atoms with Gasteiger partial charge in [-0.1, -0.05) is 6.07 Å². The molecule has 0 spiro atoms. The van der Waals surface area contributed by atoms with Gasteiger partial charge in [0.15, 0.2) is 5.82 Å². The lowest BCUT2D eigenvalue weighted by Crippen LogP contribution is -2.57. The van der Waals surface area contributed by atoms with Crippen molar-refractivity contribution >= 4 is 40.9 Å². The van der Waals surface area contributed by atoms with Crippen LogP contribution in [-0.2, 0) is 9.53 Å². The molecule has 38 heavy (non-hydrogen) atoms. The number of hydrogen-bond acceptors (Lipinski definition) is 7. The van der Waals surface area contributed by atoms with Crippen LogP contribution < -0.4 is 15.1 Å². The quantitative estimate of drug-likeness (QED) is 0.646. The lowest BCUT2D eigenvalue weighted by Gasteiger charge is -2.46. The average Bonchev–Trinajstić information content (AvgIpc) is 2.86. The van der Waals surface area contributed by atoms with Crippen LogP contribution in [0.4, 0.5) is 27.8 Å². The Morgan fingerprint density at radius 1 is 1.11 bits per heavy atom. The van der Waals surface area contributed by atoms with Crippen molar-refractivity contribution in [3.63, 3.8) is 0 Å². The number of likely N-dealkylation sites (N-methyl/N-ethyl adjacent to an activating group) is 1. The smallest absolute Gasteiger partial charge is 0.410 e. The van der Waals surface area contributed by atoms with E-state index >= 15 is 0 Å². The molecular weight excluding hydrogens is 484 g/mol. The number of nitrogens with one attached hydrogen (secondary N) is 1. The van der Waals surface area contributed by atoms with E-state index in [4.69, 9.17) is 9.72 Å². The third-order valence-electron chi connectivity index (χ3n) is 6.86. The second kappa shape index (κ2) is 10.5. The Bertz CT molecular complexity index is 1220. The molecule has 0 radical (unpaired) electrons. The molecule has 4 rings (SSSR count). The molecule has 1 aromatic heterocycles. The van der Waals surface area contributed by atoms with Crippen LogP contribution in [0.2, 0.25) is 0 Å². The summed E-state index contributed by atoms with van der Waals surface area (Å²) in [5.74, 6) is 1.26. The highest BCUT2D eigenvalue weighted by atomic mass is 16.6. The minimum Gasteiger partial charge on any atom is -0.444 e. The van der Waals surface area contributed by atoms with E-state index < -0.39 is 11.6 Å². The van der Waals surface area contributed by atoms with Crippen LogP contribution in [0.5, 0.6) is 0 Å². The zero-order chi connectivity index (χ0) is 27.8. The van der Waals surface area contributed by atoms with Crippen molar-refractivity contribution in [2.75, 3.05) is 49.3 Å². The molecule has 2 aliphatic heterocycles. The molecule has 2 aromatic rings. The van der Waals surface area contributed by atoms with Crippen LogP contribution in [0.1, 0.15) is 50.9 Å². The Morgan fingerprint density at radius 3 is 2.42 bits per heavy atom. The first kappa shape index (κ1) is 27.2. The van der Waals surface area contributed by atoms with Gasteiger partial charge in [-0.05, 0) is 70.9 Å². The maximum atomic E-state index is 13.1. The van der Waals surface area contributed by atoms with Crippen molar-refractivity contribution in [3.05, 3.63) is 42.0 Å². The Kier molecular flexibility index (Phi) is 7.53. The lowest BCUT2D eigenvalue weighted by molar-refractivity contribution is -0.119. The molecule has 0 bridgehead atoms. The molecule has 1 atom stereocenters. The summed E-state index contributed by atoms with van der Waals surface area (Å²) in [7, 11) is 5.21. The first-order valence-electron chi connectivity index (χ1n) is 13.0. The number of fused-ring (bicyclic) bond motifs is 1. The highest BCUT2D eigenvalue weighted by Gasteiger charge is 2.40. The second-order valence-electron chi connectivity index (χ2n) is 11.1. The summed E-state index contributed by atoms with van der Waals surface area (Å²) in [6.45, 7) is 8.58. The minimum atomic E-state index is -0.544. The van der Waals surface area contributed by atoms with Crippen LogP contribution in [0.3, 0.4) is 0 Å². The van der Waals surface area contributed by atoms with Crippen molar-refractivity contribution in [1.82, 2.24) is 14.8 Å². The first-order valence-corrected chi connectivity index (χ1v) is 13.0. The van der Waals surface area contributed by atoms with Gasteiger partial charge in [0.1, 0.15) is 17.5 Å². The van der Waals surface area contributed by atoms with E-state index in [1.807, 2.05) is 52.0 Å². The number of carbonyl (C=O) groups excluding carboxylic acids is 3. The van der Waals surface area contributed by atoms with Crippen molar-refractivity contribution in [1.29, 1.82) is 0 Å². The number of carbonyl (C=O) groups is 3. The van der Waals surface area contributed by atoms with E-state index in [2.05, 4.69) is 10.2 Å². The summed E-state index contributed by atoms with van der Waals surface area (Å²) in [5.41, 5.74) is 1.52. The van der Waals surface area contributed by atoms with Crippen LogP contribution in [-0.4, -0.2) is 84.6 Å². The zero-order valence-corrected chi connectivity index (χ0v) is 23.3. The number of benzene rings is 1. The lowest BCUT2D eigenvalue weighted by atomic mass is 9.99. The topological polar surface area (TPSA) is 98.3 Å². The number of likely N-dealkylation sites (tertiary alicyclic amines) is 1. The van der Waals surface area contributed by atoms with Crippen LogP contribution >= 0.6 is 0 Å². The second-order valence-corrected chi connectivity index (χ2v) is 11.1. The van der Waals surface area contributed by atoms with E-state index in [-0.39, 0.29) is 23.9 Å². The van der Waals surface area contributed by atoms with Gasteiger partial charge in [0.25, 0.3) is 5.91 Å². The third kappa shape index (κ3) is 5.69. The Hall–Kier alpha value is -3.82. The summed E-state index contributed by atoms with van der Waals surface area (Å²) in [5, 5.41) is 3.31. The Balaban J connectivity index is 1.57. The van der Waals surface area contributed by atoms with Gasteiger partial charge in [0.05, 0.1) is 5.69 Å². The molecule has 10 nitrogen and oxygen atoms in total. The van der Waals surface area contributed by atoms with Crippen molar-refractivity contribution < 1.29 is 19.1 Å². The van der Waals surface area contributed by atoms with Crippen molar-refractivity contribution in [2.24, 2.45) is 0 Å². The molecule has 1 saturated heterocycles. The monoisotopic (exact) mass is 522 g/mol. The highest BCUT2D eigenvalue weighted by Crippen LogP contribution is 2.38. The van der Waals surface area contributed by atoms with Crippen LogP contribution in [0.25, 0.3) is 0 Å². The standard InChI is InChI=1S/C28H38N6O4/c1-18-25(35)32(7)22-11-12-23(29-20-10-8-9-19(17-20)26(36)31(5)6)30-24(22)34(18)21-13-15-33(16-14-21)27(37)38-28(2,3)4/h8-12,17-18,21H,13-16H2,1-7H3,(H,29,30)/t18-/m1/s1. The Labute approximate surface area is 224 Å². The molecule has 3 heterocycles. The predicted molar refractivity (Wildman–Crippen MR) is 148 cm³/mol. The van der Waals surface area contributed by atoms with Gasteiger partial charge in [-0.15, -0.1) is 0 Å². The van der Waals surface area contributed by atoms with Gasteiger partial charge in [0.2, 0.25) is 5.91 Å². The number of nitrogens with zero attached hydrogens (tertiary/aromatic N) is 5. The predicted octanol–water partition coefficient (Wildman–Crippen LogP) is 4.10. The minimum absolute atomic E-state index is 0.00415. The summed E-state index contributed by atoms with van der Waals surface area (Å²) in [4.78, 5) is 50.0. The molecular formula is C28H38N6O4. The molecule has 10 heteroatoms. The summed E-state index contributed by atoms with van der Waals surface area (Å²) in [6.07, 6.45) is 1.10. The molecule has 1 N–H and O–H groups in total. The number of hydrogen-bond donors (Lipinski definition) is 1. The van der Waals surface area contributed by atoms with Gasteiger partial charge in [-0.25, -0.2) is 9.78 Å². The van der Waals surface area contributed by atoms with E-state index in [0.717, 1.165) is 17.2 Å². The number of amides is 3. The van der Waals surface area contributed by atoms with Gasteiger partial charge in [-0.2, -0.15) is 0 Å². The number of pyridine rings is 1. The van der Waals surface area contributed by atoms with Gasteiger partial charge < -0.3 is 29.7 Å². The summed E-state index contributed by atoms with van der Waals surface area (Å²) >= 11 is 0. The molecule has 1 aromatic carbocycles. The SMILES string of the molecule is C[C@@H]1C(=O)N(C)c2ccc(Nc3cccc(C(=O)N(C)C)c3)nc2N1C1CCN(C(=O)OC(C)(C)C)CC1. The molecule has 2 aliphatic rings. The van der Waals surface area contributed by atoms with Crippen molar-refractivity contribution in [2.45, 2.75) is 58.2 Å². The van der Waals surface area contributed by atoms with Crippen LogP contribution in [0.15, 0.2) is 36.4 Å². The fourth-order valence-electron chi connectivity index (χ4n) is 4.94. The normalized spacial score (nSPS) is 18.2. The van der Waals surface area contributed by atoms with E-state index in [1.165, 1.54) is 4.90 Å². The molecule has 0 unspecified atom stereocenters. The maximum absolute atomic E-state index is 13.1. The molecule has 3 amide bonds. The fourth-order valence-corrected chi connectivity index (χ4v) is 4.94. The number of aromatic nitrogens is 1. The Morgan fingerprint density at radius 2 is 1.79 bits per heavy atom. The summed E-state index contributed by atoms with van der Waals surface area (Å²) in [6, 6.07) is 10.7. The zero-order valence-electron chi connectivity index (χ0n) is 23.3. The molecule has 204 valence electrons. The number of anilines is 4. The fraction of sp³-hybridized carbons (Fsp3) is 0.500. The average molecular weight is 523 g/mol. The highest BCUT2D eigenvalue weighted by molar-refractivity contribution is 6.04. The number of rotatable bonds is 4. The van der Waals surface area contributed by atoms with E-state index in [1.54, 1.807) is 43.1 Å². The van der Waals surface area contributed by atoms with Crippen molar-refractivity contribution in [3.8, 4) is 0 Å². The maximum Gasteiger partial charge on any atom is 0.410 e. The number of ether oxygens (including phenoxy) is 1. The number of piperidine rings is 1. The van der Waals surface area contributed by atoms with E-state index in [9.17, 15) is 14.4 Å². The summed E-state index contributed by atoms with van der Waals surface area (Å²) < 4.78 is 5.54. The van der Waals surface area contributed by atoms with Gasteiger partial charge >= 0.3 is 6.09 Å². The van der Waals surface area contributed by atoms with Gasteiger partial charge in [-0.3, -0.25) is 9.59 Å².